The van der Waals surface area contributed by atoms with Gasteiger partial charge in [-0.15, -0.1) is 0 Å². The van der Waals surface area contributed by atoms with Gasteiger partial charge in [-0.1, -0.05) is 36.4 Å². The average Bonchev–Trinajstić information content (AvgIpc) is 2.49. The van der Waals surface area contributed by atoms with Gasteiger partial charge in [-0.2, -0.15) is 10.8 Å². The fourth-order valence-corrected chi connectivity index (χ4v) is 2.36. The van der Waals surface area contributed by atoms with Crippen LogP contribution in [-0.4, -0.2) is 9.54 Å². The number of nitrogens with zero attached hydrogens (tertiary/aromatic N) is 1. The van der Waals surface area contributed by atoms with Crippen molar-refractivity contribution < 1.29 is 4.55 Å². The second-order valence-corrected chi connectivity index (χ2v) is 4.46. The van der Waals surface area contributed by atoms with Gasteiger partial charge in [0.2, 0.25) is 0 Å². The second kappa shape index (κ2) is 3.69. The minimum Gasteiger partial charge on any atom is -0.611 e. The van der Waals surface area contributed by atoms with Crippen molar-refractivity contribution in [3.63, 3.8) is 0 Å². The van der Waals surface area contributed by atoms with E-state index in [1.807, 2.05) is 19.1 Å². The van der Waals surface area contributed by atoms with Crippen LogP contribution in [0.2, 0.25) is 5.02 Å². The first-order valence-electron chi connectivity index (χ1n) is 4.03. The molecule has 72 valence electrons. The van der Waals surface area contributed by atoms with Crippen molar-refractivity contribution in [2.45, 2.75) is 6.92 Å². The number of aryl methyl sites for hydroxylation is 1. The summed E-state index contributed by atoms with van der Waals surface area (Å²) >= 11 is 5.76. The van der Waals surface area contributed by atoms with Crippen molar-refractivity contribution in [3.8, 4) is 10.4 Å². The van der Waals surface area contributed by atoms with Crippen LogP contribution >= 0.6 is 22.4 Å². The first-order chi connectivity index (χ1) is 6.68. The van der Waals surface area contributed by atoms with Gasteiger partial charge in [-0.25, -0.2) is 0 Å². The van der Waals surface area contributed by atoms with E-state index in [9.17, 15) is 4.55 Å². The van der Waals surface area contributed by atoms with Crippen LogP contribution in [0.15, 0.2) is 24.3 Å². The Morgan fingerprint density at radius 2 is 2.00 bits per heavy atom. The Morgan fingerprint density at radius 1 is 1.36 bits per heavy atom. The topological polar surface area (TPSA) is 36.0 Å². The molecular formula is C10H7ClNOS-. The van der Waals surface area contributed by atoms with E-state index in [1.165, 1.54) is 0 Å². The summed E-state index contributed by atoms with van der Waals surface area (Å²) in [5.74, 6) is 0. The molecule has 1 aromatic carbocycles. The van der Waals surface area contributed by atoms with Crippen LogP contribution in [0.1, 0.15) is 5.69 Å². The van der Waals surface area contributed by atoms with E-state index in [1.54, 1.807) is 12.1 Å². The van der Waals surface area contributed by atoms with E-state index >= 15 is 0 Å². The van der Waals surface area contributed by atoms with Gasteiger partial charge in [0.15, 0.2) is 5.51 Å². The molecule has 0 spiro atoms. The Labute approximate surface area is 90.0 Å². The van der Waals surface area contributed by atoms with E-state index in [0.717, 1.165) is 16.1 Å². The number of hydrogen-bond donors (Lipinski definition) is 0. The molecule has 2 rings (SSSR count). The summed E-state index contributed by atoms with van der Waals surface area (Å²) < 4.78 is 11.5. The Balaban J connectivity index is 2.54. The Kier molecular flexibility index (Phi) is 2.54. The third-order valence-corrected chi connectivity index (χ3v) is 3.33. The fourth-order valence-electron chi connectivity index (χ4n) is 1.26. The molecule has 0 fully saturated rings. The van der Waals surface area contributed by atoms with Crippen LogP contribution in [-0.2, 0) is 0 Å². The molecule has 0 saturated heterocycles. The number of hydrogen-bond acceptors (Lipinski definition) is 2. The van der Waals surface area contributed by atoms with Crippen LogP contribution in [0, 0.1) is 12.4 Å². The summed E-state index contributed by atoms with van der Waals surface area (Å²) in [4.78, 5) is 4.62. The van der Waals surface area contributed by atoms with Gasteiger partial charge in [0.25, 0.3) is 0 Å². The molecule has 0 aliphatic heterocycles. The van der Waals surface area contributed by atoms with Crippen molar-refractivity contribution in [1.29, 1.82) is 0 Å². The number of benzene rings is 1. The Bertz CT molecular complexity index is 430. The molecule has 4 heteroatoms. The third-order valence-electron chi connectivity index (χ3n) is 1.92. The Morgan fingerprint density at radius 3 is 2.50 bits per heavy atom. The van der Waals surface area contributed by atoms with Gasteiger partial charge in [0.1, 0.15) is 0 Å². The molecule has 1 heterocycles. The maximum absolute atomic E-state index is 11.5. The van der Waals surface area contributed by atoms with Crippen molar-refractivity contribution in [1.82, 2.24) is 4.98 Å². The van der Waals surface area contributed by atoms with Crippen LogP contribution < -0.4 is 0 Å². The molecule has 2 aromatic rings. The normalized spacial score (nSPS) is 11.8. The highest BCUT2D eigenvalue weighted by Crippen LogP contribution is 2.33. The van der Waals surface area contributed by atoms with Crippen molar-refractivity contribution in [2.24, 2.45) is 0 Å². The zero-order chi connectivity index (χ0) is 10.1. The first kappa shape index (κ1) is 9.65. The molecule has 0 bridgehead atoms. The molecule has 1 atom stereocenters. The summed E-state index contributed by atoms with van der Waals surface area (Å²) in [7, 11) is -1.23. The lowest BCUT2D eigenvalue weighted by atomic mass is 10.2. The van der Waals surface area contributed by atoms with Gasteiger partial charge >= 0.3 is 0 Å². The van der Waals surface area contributed by atoms with Gasteiger partial charge in [-0.3, -0.25) is 0 Å². The van der Waals surface area contributed by atoms with Crippen molar-refractivity contribution in [2.75, 3.05) is 0 Å². The maximum atomic E-state index is 11.5. The quantitative estimate of drug-likeness (QED) is 0.551. The number of aromatic nitrogens is 1. The smallest absolute Gasteiger partial charge is 0.178 e. The van der Waals surface area contributed by atoms with Gasteiger partial charge in [-0.05, 0) is 17.7 Å². The van der Waals surface area contributed by atoms with Crippen LogP contribution in [0.25, 0.3) is 10.4 Å². The van der Waals surface area contributed by atoms with E-state index in [0.29, 0.717) is 5.02 Å². The Hall–Kier alpha value is -0.900. The zero-order valence-corrected chi connectivity index (χ0v) is 9.02. The highest BCUT2D eigenvalue weighted by atomic mass is 35.5. The molecule has 1 unspecified atom stereocenters. The van der Waals surface area contributed by atoms with E-state index in [2.05, 4.69) is 10.5 Å². The summed E-state index contributed by atoms with van der Waals surface area (Å²) in [6.45, 7) is 1.82. The van der Waals surface area contributed by atoms with Crippen molar-refractivity contribution in [3.05, 3.63) is 40.5 Å². The van der Waals surface area contributed by atoms with Gasteiger partial charge in [0, 0.05) is 5.02 Å². The average molecular weight is 225 g/mol. The van der Waals surface area contributed by atoms with Crippen molar-refractivity contribution >= 4 is 22.4 Å². The molecule has 14 heavy (non-hydrogen) atoms. The summed E-state index contributed by atoms with van der Waals surface area (Å²) in [6, 6.07) is 7.21. The van der Waals surface area contributed by atoms with Crippen LogP contribution in [0.3, 0.4) is 0 Å². The minimum absolute atomic E-state index is 0.667. The van der Waals surface area contributed by atoms with Gasteiger partial charge in [0.05, 0.1) is 4.88 Å². The molecule has 1 aromatic heterocycles. The SMILES string of the molecule is Cc1n[c-][s+]([O-])c1-c1ccc(Cl)cc1. The van der Waals surface area contributed by atoms with Gasteiger partial charge < -0.3 is 9.54 Å². The van der Waals surface area contributed by atoms with Crippen LogP contribution in [0.4, 0.5) is 0 Å². The highest BCUT2D eigenvalue weighted by Gasteiger charge is 2.04. The standard InChI is InChI=1S/C10H7ClNOS/c1-7-10(14(13)6-12-7)8-2-4-9(11)5-3-8/h2-5H,1H3/q-1. The lowest BCUT2D eigenvalue weighted by Crippen LogP contribution is -1.78. The second-order valence-electron chi connectivity index (χ2n) is 2.89. The molecule has 0 aliphatic rings. The predicted molar refractivity (Wildman–Crippen MR) is 56.9 cm³/mol. The molecule has 0 N–H and O–H groups in total. The summed E-state index contributed by atoms with van der Waals surface area (Å²) in [5, 5.41) is 0.667. The predicted octanol–water partition coefficient (Wildman–Crippen LogP) is 3.24. The maximum Gasteiger partial charge on any atom is 0.178 e. The van der Waals surface area contributed by atoms with E-state index in [-0.39, 0.29) is 0 Å². The summed E-state index contributed by atoms with van der Waals surface area (Å²) in [6.07, 6.45) is 0. The molecule has 0 radical (unpaired) electrons. The molecular weight excluding hydrogens is 218 g/mol. The number of halogens is 1. The number of rotatable bonds is 1. The molecule has 0 amide bonds. The molecule has 0 saturated carbocycles. The largest absolute Gasteiger partial charge is 0.611 e. The molecule has 0 aliphatic carbocycles. The fraction of sp³-hybridized carbons (Fsp3) is 0.100. The number of thiazole rings is 1. The lowest BCUT2D eigenvalue weighted by molar-refractivity contribution is 0.598. The molecule has 2 nitrogen and oxygen atoms in total. The van der Waals surface area contributed by atoms with E-state index < -0.39 is 10.8 Å². The lowest BCUT2D eigenvalue weighted by Gasteiger charge is -2.06. The first-order valence-corrected chi connectivity index (χ1v) is 5.56. The third kappa shape index (κ3) is 1.66. The summed E-state index contributed by atoms with van der Waals surface area (Å²) in [5.41, 5.74) is 4.17. The van der Waals surface area contributed by atoms with E-state index in [4.69, 9.17) is 11.6 Å². The van der Waals surface area contributed by atoms with Crippen LogP contribution in [0.5, 0.6) is 0 Å². The highest BCUT2D eigenvalue weighted by molar-refractivity contribution is 7.26. The monoisotopic (exact) mass is 224 g/mol. The zero-order valence-electron chi connectivity index (χ0n) is 7.45. The minimum atomic E-state index is -1.23.